The number of nitrogens with one attached hydrogen (secondary N) is 1. The van der Waals surface area contributed by atoms with Crippen molar-refractivity contribution in [1.29, 1.82) is 0 Å². The molecule has 2 heterocycles. The van der Waals surface area contributed by atoms with E-state index in [1.54, 1.807) is 24.5 Å². The molecule has 3 aromatic rings. The van der Waals surface area contributed by atoms with Crippen LogP contribution in [0.5, 0.6) is 5.75 Å². The number of aromatic nitrogens is 3. The van der Waals surface area contributed by atoms with E-state index in [1.165, 1.54) is 7.11 Å². The lowest BCUT2D eigenvalue weighted by Crippen LogP contribution is -2.33. The maximum Gasteiger partial charge on any atom is 0.250 e. The van der Waals surface area contributed by atoms with E-state index in [9.17, 15) is 0 Å². The normalized spacial score (nSPS) is 12.2. The summed E-state index contributed by atoms with van der Waals surface area (Å²) in [5, 5.41) is 0.698. The quantitative estimate of drug-likeness (QED) is 0.467. The molecular weight excluding hydrogens is 389 g/mol. The Kier molecular flexibility index (Phi) is 5.67. The van der Waals surface area contributed by atoms with Crippen molar-refractivity contribution in [3.8, 4) is 17.0 Å². The number of methoxy groups -OCH3 is 1. The zero-order valence-corrected chi connectivity index (χ0v) is 16.6. The summed E-state index contributed by atoms with van der Waals surface area (Å²) in [7, 11) is 1.52. The second kappa shape index (κ2) is 7.82. The second-order valence-corrected chi connectivity index (χ2v) is 7.26. The monoisotopic (exact) mass is 407 g/mol. The number of nitrogens with two attached hydrogens (primary N) is 1. The number of halogens is 2. The molecule has 3 N–H and O–H groups in total. The van der Waals surface area contributed by atoms with Crippen molar-refractivity contribution in [1.82, 2.24) is 15.0 Å². The molecule has 0 saturated heterocycles. The number of fused-ring (bicyclic) bond motifs is 1. The fourth-order valence-electron chi connectivity index (χ4n) is 2.37. The van der Waals surface area contributed by atoms with Gasteiger partial charge in [0.05, 0.1) is 21.1 Å². The van der Waals surface area contributed by atoms with Crippen molar-refractivity contribution in [2.75, 3.05) is 13.9 Å². The van der Waals surface area contributed by atoms with Gasteiger partial charge in [-0.2, -0.15) is 0 Å². The Bertz CT molecular complexity index is 995. The zero-order chi connectivity index (χ0) is 19.6. The van der Waals surface area contributed by atoms with E-state index in [0.717, 1.165) is 5.52 Å². The number of nitrogens with zero attached hydrogens (tertiary/aromatic N) is 3. The first-order valence-corrected chi connectivity index (χ1v) is 8.85. The summed E-state index contributed by atoms with van der Waals surface area (Å²) in [5.74, 6) is 0.602. The van der Waals surface area contributed by atoms with Crippen LogP contribution in [0.1, 0.15) is 13.8 Å². The molecule has 0 fully saturated rings. The van der Waals surface area contributed by atoms with Crippen molar-refractivity contribution < 1.29 is 9.47 Å². The maximum absolute atomic E-state index is 6.56. The number of hydrogen-bond acceptors (Lipinski definition) is 6. The molecule has 0 bridgehead atoms. The Morgan fingerprint density at radius 2 is 2.04 bits per heavy atom. The molecule has 0 radical (unpaired) electrons. The number of H-pyrrole nitrogens is 1. The fourth-order valence-corrected chi connectivity index (χ4v) is 2.94. The van der Waals surface area contributed by atoms with Gasteiger partial charge in [-0.15, -0.1) is 0 Å². The lowest BCUT2D eigenvalue weighted by Gasteiger charge is -2.13. The summed E-state index contributed by atoms with van der Waals surface area (Å²) in [6.45, 7) is 3.69. The third-order valence-electron chi connectivity index (χ3n) is 3.53. The minimum absolute atomic E-state index is 0.0195. The molecule has 0 atom stereocenters. The summed E-state index contributed by atoms with van der Waals surface area (Å²) in [5.41, 5.74) is 8.01. The first-order valence-electron chi connectivity index (χ1n) is 8.09. The number of rotatable bonds is 6. The highest BCUT2D eigenvalue weighted by Crippen LogP contribution is 2.41. The van der Waals surface area contributed by atoms with Gasteiger partial charge in [0.25, 0.3) is 0 Å². The Labute approximate surface area is 166 Å². The van der Waals surface area contributed by atoms with Crippen LogP contribution in [-0.2, 0) is 4.74 Å². The van der Waals surface area contributed by atoms with Crippen LogP contribution in [0, 0.1) is 0 Å². The van der Waals surface area contributed by atoms with Gasteiger partial charge in [0, 0.05) is 30.6 Å². The van der Waals surface area contributed by atoms with Gasteiger partial charge >= 0.3 is 0 Å². The van der Waals surface area contributed by atoms with Crippen molar-refractivity contribution in [2.24, 2.45) is 10.7 Å². The van der Waals surface area contributed by atoms with Gasteiger partial charge < -0.3 is 20.2 Å². The highest BCUT2D eigenvalue weighted by atomic mass is 35.5. The van der Waals surface area contributed by atoms with Gasteiger partial charge in [-0.05, 0) is 32.0 Å². The number of aliphatic imine (C=N–C) groups is 1. The van der Waals surface area contributed by atoms with Gasteiger partial charge in [0.15, 0.2) is 12.5 Å². The molecule has 142 valence electrons. The Morgan fingerprint density at radius 3 is 2.74 bits per heavy atom. The Morgan fingerprint density at radius 1 is 1.26 bits per heavy atom. The van der Waals surface area contributed by atoms with E-state index in [0.29, 0.717) is 32.6 Å². The minimum atomic E-state index is -0.588. The Hall–Kier alpha value is -2.19. The van der Waals surface area contributed by atoms with E-state index in [4.69, 9.17) is 38.4 Å². The van der Waals surface area contributed by atoms with Crippen LogP contribution in [-0.4, -0.2) is 40.6 Å². The largest absolute Gasteiger partial charge is 0.464 e. The third kappa shape index (κ3) is 4.39. The number of aromatic amines is 1. The number of ether oxygens (including phenoxy) is 2. The molecule has 0 aliphatic heterocycles. The van der Waals surface area contributed by atoms with E-state index in [1.807, 2.05) is 19.9 Å². The van der Waals surface area contributed by atoms with Gasteiger partial charge in [0.1, 0.15) is 5.69 Å². The van der Waals surface area contributed by atoms with Crippen LogP contribution >= 0.6 is 23.2 Å². The zero-order valence-electron chi connectivity index (χ0n) is 15.1. The van der Waals surface area contributed by atoms with Crippen LogP contribution in [0.15, 0.2) is 29.4 Å². The predicted molar refractivity (Wildman–Crippen MR) is 108 cm³/mol. The molecule has 2 aromatic heterocycles. The minimum Gasteiger partial charge on any atom is -0.464 e. The van der Waals surface area contributed by atoms with Crippen molar-refractivity contribution in [2.45, 2.75) is 19.4 Å². The molecule has 9 heteroatoms. The lowest BCUT2D eigenvalue weighted by molar-refractivity contribution is 0.0513. The smallest absolute Gasteiger partial charge is 0.250 e. The maximum atomic E-state index is 6.56. The van der Waals surface area contributed by atoms with Crippen LogP contribution in [0.4, 0.5) is 5.95 Å². The highest BCUT2D eigenvalue weighted by Gasteiger charge is 2.19. The van der Waals surface area contributed by atoms with E-state index < -0.39 is 5.54 Å². The first-order chi connectivity index (χ1) is 12.8. The van der Waals surface area contributed by atoms with Crippen molar-refractivity contribution in [3.05, 3.63) is 34.4 Å². The van der Waals surface area contributed by atoms with Crippen LogP contribution in [0.3, 0.4) is 0 Å². The molecule has 0 saturated carbocycles. The fraction of sp³-hybridized carbons (Fsp3) is 0.278. The molecule has 3 rings (SSSR count). The van der Waals surface area contributed by atoms with Crippen LogP contribution in [0.25, 0.3) is 22.3 Å². The van der Waals surface area contributed by atoms with Crippen molar-refractivity contribution in [3.63, 3.8) is 0 Å². The van der Waals surface area contributed by atoms with Gasteiger partial charge in [-0.3, -0.25) is 0 Å². The van der Waals surface area contributed by atoms with E-state index in [2.05, 4.69) is 19.9 Å². The molecule has 0 amide bonds. The predicted octanol–water partition coefficient (Wildman–Crippen LogP) is 4.35. The van der Waals surface area contributed by atoms with Crippen LogP contribution < -0.4 is 10.5 Å². The number of benzene rings is 1. The lowest BCUT2D eigenvalue weighted by atomic mass is 10.1. The van der Waals surface area contributed by atoms with Crippen molar-refractivity contribution >= 4 is 46.4 Å². The van der Waals surface area contributed by atoms with Crippen LogP contribution in [0.2, 0.25) is 10.0 Å². The standard InChI is InChI=1S/C18H19Cl2N5O2/c1-18(2,21)8-23-17-24-12-6-7-22-15(12)14(25-17)10-4-5-11(19)16(13(10)20)27-9-26-3/h4-8,22H,9,21H2,1-3H3/b23-8-. The summed E-state index contributed by atoms with van der Waals surface area (Å²) in [4.78, 5) is 16.4. The third-order valence-corrected chi connectivity index (χ3v) is 4.20. The van der Waals surface area contributed by atoms with Gasteiger partial charge in [0.2, 0.25) is 5.95 Å². The molecular formula is C18H19Cl2N5O2. The summed E-state index contributed by atoms with van der Waals surface area (Å²) < 4.78 is 10.4. The molecule has 27 heavy (non-hydrogen) atoms. The topological polar surface area (TPSA) is 98.4 Å². The Balaban J connectivity index is 2.16. The second-order valence-electron chi connectivity index (χ2n) is 6.48. The SMILES string of the molecule is COCOc1c(Cl)ccc(-c2nc(/N=C\C(C)(C)N)nc3cc[nH]c23)c1Cl. The average Bonchev–Trinajstić information content (AvgIpc) is 3.07. The molecule has 0 aliphatic carbocycles. The van der Waals surface area contributed by atoms with E-state index in [-0.39, 0.29) is 12.7 Å². The average molecular weight is 408 g/mol. The number of hydrogen-bond donors (Lipinski definition) is 2. The summed E-state index contributed by atoms with van der Waals surface area (Å²) in [6, 6.07) is 5.29. The highest BCUT2D eigenvalue weighted by molar-refractivity contribution is 6.39. The molecule has 0 unspecified atom stereocenters. The van der Waals surface area contributed by atoms with Gasteiger partial charge in [-0.1, -0.05) is 23.2 Å². The first kappa shape index (κ1) is 19.6. The van der Waals surface area contributed by atoms with E-state index >= 15 is 0 Å². The molecule has 0 aliphatic rings. The molecule has 1 aromatic carbocycles. The molecule has 0 spiro atoms. The summed E-state index contributed by atoms with van der Waals surface area (Å²) in [6.07, 6.45) is 3.37. The molecule has 7 nitrogen and oxygen atoms in total. The van der Waals surface area contributed by atoms with Gasteiger partial charge in [-0.25, -0.2) is 15.0 Å². The summed E-state index contributed by atoms with van der Waals surface area (Å²) >= 11 is 12.8.